The maximum atomic E-state index is 3.61. The van der Waals surface area contributed by atoms with Crippen molar-refractivity contribution in [3.05, 3.63) is 33.8 Å². The van der Waals surface area contributed by atoms with Crippen LogP contribution in [-0.2, 0) is 6.42 Å². The summed E-state index contributed by atoms with van der Waals surface area (Å²) in [4.78, 5) is 0. The lowest BCUT2D eigenvalue weighted by Gasteiger charge is -2.22. The number of hydrogen-bond donors (Lipinski definition) is 1. The van der Waals surface area contributed by atoms with Crippen LogP contribution in [0.25, 0.3) is 0 Å². The average Bonchev–Trinajstić information content (AvgIpc) is 2.40. The van der Waals surface area contributed by atoms with E-state index in [0.29, 0.717) is 0 Å². The Kier molecular flexibility index (Phi) is 5.71. The average molecular weight is 310 g/mol. The van der Waals surface area contributed by atoms with E-state index >= 15 is 0 Å². The Morgan fingerprint density at radius 1 is 1.22 bits per heavy atom. The van der Waals surface area contributed by atoms with Gasteiger partial charge in [0.25, 0.3) is 0 Å². The van der Waals surface area contributed by atoms with E-state index in [1.807, 2.05) is 0 Å². The molecule has 0 atom stereocenters. The third-order valence-corrected chi connectivity index (χ3v) is 5.01. The van der Waals surface area contributed by atoms with Gasteiger partial charge in [-0.05, 0) is 68.8 Å². The van der Waals surface area contributed by atoms with Gasteiger partial charge < -0.3 is 5.32 Å². The first-order valence-electron chi connectivity index (χ1n) is 7.22. The summed E-state index contributed by atoms with van der Waals surface area (Å²) in [5.74, 6) is 0.981. The van der Waals surface area contributed by atoms with Gasteiger partial charge in [0, 0.05) is 4.47 Å². The lowest BCUT2D eigenvalue weighted by molar-refractivity contribution is 0.344. The lowest BCUT2D eigenvalue weighted by Crippen LogP contribution is -2.27. The molecule has 1 N–H and O–H groups in total. The molecule has 1 aliphatic heterocycles. The molecule has 1 fully saturated rings. The van der Waals surface area contributed by atoms with Crippen LogP contribution in [0.4, 0.5) is 0 Å². The van der Waals surface area contributed by atoms with Crippen LogP contribution < -0.4 is 5.32 Å². The topological polar surface area (TPSA) is 12.0 Å². The first kappa shape index (κ1) is 14.1. The van der Waals surface area contributed by atoms with Gasteiger partial charge in [-0.2, -0.15) is 0 Å². The Labute approximate surface area is 119 Å². The summed E-state index contributed by atoms with van der Waals surface area (Å²) in [6, 6.07) is 6.55. The summed E-state index contributed by atoms with van der Waals surface area (Å²) < 4.78 is 1.25. The fourth-order valence-corrected chi connectivity index (χ4v) is 3.25. The minimum atomic E-state index is 0.981. The van der Waals surface area contributed by atoms with Gasteiger partial charge >= 0.3 is 0 Å². The number of unbranched alkanes of at least 4 members (excludes halogenated alkanes) is 1. The first-order chi connectivity index (χ1) is 8.77. The molecule has 1 saturated heterocycles. The highest BCUT2D eigenvalue weighted by atomic mass is 79.9. The SMILES string of the molecule is Cc1c(Br)cccc1CCCCC1CCNCC1. The molecule has 1 nitrogen and oxygen atoms in total. The number of hydrogen-bond acceptors (Lipinski definition) is 1. The number of nitrogens with one attached hydrogen (secondary N) is 1. The standard InChI is InChI=1S/C16H24BrN/c1-13-15(7-4-8-16(13)17)6-3-2-5-14-9-11-18-12-10-14/h4,7-8,14,18H,2-3,5-6,9-12H2,1H3. The van der Waals surface area contributed by atoms with Crippen molar-refractivity contribution in [2.45, 2.75) is 45.4 Å². The van der Waals surface area contributed by atoms with E-state index in [4.69, 9.17) is 0 Å². The van der Waals surface area contributed by atoms with Gasteiger partial charge in [-0.15, -0.1) is 0 Å². The second-order valence-electron chi connectivity index (χ2n) is 5.46. The summed E-state index contributed by atoms with van der Waals surface area (Å²) in [6.07, 6.45) is 8.15. The monoisotopic (exact) mass is 309 g/mol. The molecule has 0 aliphatic carbocycles. The Bertz CT molecular complexity index is 369. The van der Waals surface area contributed by atoms with Crippen LogP contribution in [0.2, 0.25) is 0 Å². The van der Waals surface area contributed by atoms with E-state index in [1.54, 1.807) is 0 Å². The second-order valence-corrected chi connectivity index (χ2v) is 6.32. The van der Waals surface area contributed by atoms with Crippen LogP contribution >= 0.6 is 15.9 Å². The summed E-state index contributed by atoms with van der Waals surface area (Å²) in [6.45, 7) is 4.68. The molecule has 2 rings (SSSR count). The summed E-state index contributed by atoms with van der Waals surface area (Å²) in [5.41, 5.74) is 2.93. The number of benzene rings is 1. The number of rotatable bonds is 5. The molecule has 1 aliphatic rings. The fourth-order valence-electron chi connectivity index (χ4n) is 2.84. The Balaban J connectivity index is 1.70. The summed E-state index contributed by atoms with van der Waals surface area (Å²) in [7, 11) is 0. The van der Waals surface area contributed by atoms with Gasteiger partial charge in [0.05, 0.1) is 0 Å². The largest absolute Gasteiger partial charge is 0.317 e. The zero-order chi connectivity index (χ0) is 12.8. The van der Waals surface area contributed by atoms with Crippen LogP contribution in [0.3, 0.4) is 0 Å². The van der Waals surface area contributed by atoms with Crippen LogP contribution in [0.5, 0.6) is 0 Å². The molecular formula is C16H24BrN. The zero-order valence-corrected chi connectivity index (χ0v) is 12.9. The van der Waals surface area contributed by atoms with Crippen LogP contribution in [0.1, 0.15) is 43.2 Å². The highest BCUT2D eigenvalue weighted by molar-refractivity contribution is 9.10. The Morgan fingerprint density at radius 2 is 2.00 bits per heavy atom. The Hall–Kier alpha value is -0.340. The van der Waals surface area contributed by atoms with E-state index < -0.39 is 0 Å². The molecule has 1 aromatic rings. The van der Waals surface area contributed by atoms with Gasteiger partial charge in [-0.1, -0.05) is 40.9 Å². The third kappa shape index (κ3) is 4.10. The van der Waals surface area contributed by atoms with Crippen molar-refractivity contribution in [1.82, 2.24) is 5.32 Å². The third-order valence-electron chi connectivity index (χ3n) is 4.15. The van der Waals surface area contributed by atoms with Gasteiger partial charge in [0.15, 0.2) is 0 Å². The number of piperidine rings is 1. The van der Waals surface area contributed by atoms with Crippen molar-refractivity contribution < 1.29 is 0 Å². The molecule has 0 spiro atoms. The second kappa shape index (κ2) is 7.30. The van der Waals surface area contributed by atoms with Gasteiger partial charge in [0.1, 0.15) is 0 Å². The highest BCUT2D eigenvalue weighted by Crippen LogP contribution is 2.23. The van der Waals surface area contributed by atoms with Crippen molar-refractivity contribution in [1.29, 1.82) is 0 Å². The van der Waals surface area contributed by atoms with E-state index in [1.165, 1.54) is 67.2 Å². The molecule has 0 unspecified atom stereocenters. The minimum Gasteiger partial charge on any atom is -0.317 e. The molecule has 100 valence electrons. The molecule has 2 heteroatoms. The molecule has 0 aromatic heterocycles. The first-order valence-corrected chi connectivity index (χ1v) is 8.01. The molecule has 0 radical (unpaired) electrons. The molecule has 18 heavy (non-hydrogen) atoms. The molecule has 1 heterocycles. The molecule has 1 aromatic carbocycles. The van der Waals surface area contributed by atoms with Gasteiger partial charge in [-0.3, -0.25) is 0 Å². The van der Waals surface area contributed by atoms with Crippen LogP contribution in [0, 0.1) is 12.8 Å². The van der Waals surface area contributed by atoms with Crippen LogP contribution in [-0.4, -0.2) is 13.1 Å². The Morgan fingerprint density at radius 3 is 2.78 bits per heavy atom. The maximum absolute atomic E-state index is 3.61. The fraction of sp³-hybridized carbons (Fsp3) is 0.625. The van der Waals surface area contributed by atoms with E-state index in [0.717, 1.165) is 5.92 Å². The normalized spacial score (nSPS) is 17.0. The van der Waals surface area contributed by atoms with E-state index in [-0.39, 0.29) is 0 Å². The maximum Gasteiger partial charge on any atom is 0.0207 e. The molecule has 0 bridgehead atoms. The molecular weight excluding hydrogens is 286 g/mol. The quantitative estimate of drug-likeness (QED) is 0.791. The summed E-state index contributed by atoms with van der Waals surface area (Å²) >= 11 is 3.61. The lowest BCUT2D eigenvalue weighted by atomic mass is 9.91. The smallest absolute Gasteiger partial charge is 0.0207 e. The van der Waals surface area contributed by atoms with Gasteiger partial charge in [0.2, 0.25) is 0 Å². The van der Waals surface area contributed by atoms with E-state index in [2.05, 4.69) is 46.4 Å². The van der Waals surface area contributed by atoms with Crippen LogP contribution in [0.15, 0.2) is 22.7 Å². The number of halogens is 1. The van der Waals surface area contributed by atoms with Crippen molar-refractivity contribution in [3.63, 3.8) is 0 Å². The summed E-state index contributed by atoms with van der Waals surface area (Å²) in [5, 5.41) is 3.44. The van der Waals surface area contributed by atoms with Crippen molar-refractivity contribution in [2.24, 2.45) is 5.92 Å². The van der Waals surface area contributed by atoms with Crippen molar-refractivity contribution in [3.8, 4) is 0 Å². The predicted molar refractivity (Wildman–Crippen MR) is 82.0 cm³/mol. The molecule has 0 amide bonds. The van der Waals surface area contributed by atoms with Crippen molar-refractivity contribution in [2.75, 3.05) is 13.1 Å². The minimum absolute atomic E-state index is 0.981. The van der Waals surface area contributed by atoms with E-state index in [9.17, 15) is 0 Å². The molecule has 0 saturated carbocycles. The number of aryl methyl sites for hydroxylation is 1. The highest BCUT2D eigenvalue weighted by Gasteiger charge is 2.12. The van der Waals surface area contributed by atoms with Crippen molar-refractivity contribution >= 4 is 15.9 Å². The van der Waals surface area contributed by atoms with Gasteiger partial charge in [-0.25, -0.2) is 0 Å². The zero-order valence-electron chi connectivity index (χ0n) is 11.3. The predicted octanol–water partition coefficient (Wildman–Crippen LogP) is 4.47.